The van der Waals surface area contributed by atoms with E-state index in [4.69, 9.17) is 5.11 Å². The molecule has 0 aliphatic carbocycles. The largest absolute Gasteiger partial charge is 0.478 e. The SMILES string of the molecule is CCC(C)Sc1cnccc1C(=O)O. The quantitative estimate of drug-likeness (QED) is 0.778. The monoisotopic (exact) mass is 211 g/mol. The van der Waals surface area contributed by atoms with E-state index in [0.29, 0.717) is 10.8 Å². The lowest BCUT2D eigenvalue weighted by atomic mass is 10.3. The van der Waals surface area contributed by atoms with E-state index in [1.807, 2.05) is 0 Å². The maximum Gasteiger partial charge on any atom is 0.336 e. The van der Waals surface area contributed by atoms with Gasteiger partial charge in [-0.15, -0.1) is 11.8 Å². The van der Waals surface area contributed by atoms with Crippen molar-refractivity contribution in [2.75, 3.05) is 0 Å². The Labute approximate surface area is 87.6 Å². The van der Waals surface area contributed by atoms with Crippen LogP contribution in [-0.2, 0) is 0 Å². The minimum absolute atomic E-state index is 0.338. The van der Waals surface area contributed by atoms with E-state index in [1.54, 1.807) is 18.0 Å². The maximum atomic E-state index is 10.9. The molecule has 0 aliphatic heterocycles. The first-order valence-corrected chi connectivity index (χ1v) is 5.37. The zero-order chi connectivity index (χ0) is 10.6. The number of carboxylic acids is 1. The number of pyridine rings is 1. The van der Waals surface area contributed by atoms with Crippen LogP contribution in [0.25, 0.3) is 0 Å². The van der Waals surface area contributed by atoms with Gasteiger partial charge in [-0.2, -0.15) is 0 Å². The molecule has 1 aromatic heterocycles. The number of aromatic nitrogens is 1. The van der Waals surface area contributed by atoms with Crippen LogP contribution < -0.4 is 0 Å². The number of aromatic carboxylic acids is 1. The first-order chi connectivity index (χ1) is 6.65. The van der Waals surface area contributed by atoms with Gasteiger partial charge in [-0.1, -0.05) is 13.8 Å². The molecule has 0 bridgehead atoms. The second kappa shape index (κ2) is 5.00. The van der Waals surface area contributed by atoms with Crippen LogP contribution in [0.5, 0.6) is 0 Å². The smallest absolute Gasteiger partial charge is 0.336 e. The topological polar surface area (TPSA) is 50.2 Å². The number of carbonyl (C=O) groups is 1. The van der Waals surface area contributed by atoms with Gasteiger partial charge in [-0.05, 0) is 12.5 Å². The second-order valence-corrected chi connectivity index (χ2v) is 4.49. The van der Waals surface area contributed by atoms with Gasteiger partial charge < -0.3 is 5.11 Å². The summed E-state index contributed by atoms with van der Waals surface area (Å²) in [6, 6.07) is 1.53. The highest BCUT2D eigenvalue weighted by Crippen LogP contribution is 2.27. The van der Waals surface area contributed by atoms with Crippen LogP contribution in [0.2, 0.25) is 0 Å². The molecule has 1 N–H and O–H groups in total. The van der Waals surface area contributed by atoms with E-state index >= 15 is 0 Å². The van der Waals surface area contributed by atoms with Gasteiger partial charge in [0.15, 0.2) is 0 Å². The van der Waals surface area contributed by atoms with E-state index < -0.39 is 5.97 Å². The standard InChI is InChI=1S/C10H13NO2S/c1-3-7(2)14-9-6-11-5-4-8(9)10(12)13/h4-7H,3H2,1-2H3,(H,12,13). The minimum Gasteiger partial charge on any atom is -0.478 e. The Balaban J connectivity index is 2.90. The molecule has 0 aliphatic rings. The van der Waals surface area contributed by atoms with E-state index in [-0.39, 0.29) is 0 Å². The lowest BCUT2D eigenvalue weighted by molar-refractivity contribution is 0.0693. The highest BCUT2D eigenvalue weighted by Gasteiger charge is 2.11. The Hall–Kier alpha value is -1.03. The summed E-state index contributed by atoms with van der Waals surface area (Å²) >= 11 is 1.56. The Morgan fingerprint density at radius 3 is 3.00 bits per heavy atom. The van der Waals surface area contributed by atoms with Crippen molar-refractivity contribution in [1.82, 2.24) is 4.98 Å². The summed E-state index contributed by atoms with van der Waals surface area (Å²) in [5.74, 6) is -0.891. The third-order valence-electron chi connectivity index (χ3n) is 1.92. The van der Waals surface area contributed by atoms with E-state index in [0.717, 1.165) is 11.3 Å². The number of rotatable bonds is 4. The molecule has 1 aromatic rings. The van der Waals surface area contributed by atoms with E-state index in [1.165, 1.54) is 12.3 Å². The van der Waals surface area contributed by atoms with Crippen LogP contribution in [0.3, 0.4) is 0 Å². The third-order valence-corrected chi connectivity index (χ3v) is 3.23. The second-order valence-electron chi connectivity index (χ2n) is 3.01. The van der Waals surface area contributed by atoms with Crippen molar-refractivity contribution in [3.05, 3.63) is 24.0 Å². The van der Waals surface area contributed by atoms with Crippen LogP contribution in [0.4, 0.5) is 0 Å². The molecule has 0 saturated heterocycles. The summed E-state index contributed by atoms with van der Waals surface area (Å²) in [4.78, 5) is 15.5. The van der Waals surface area contributed by atoms with E-state index in [9.17, 15) is 4.79 Å². The van der Waals surface area contributed by atoms with Crippen LogP contribution in [0, 0.1) is 0 Å². The molecular weight excluding hydrogens is 198 g/mol. The number of hydrogen-bond donors (Lipinski definition) is 1. The van der Waals surface area contributed by atoms with Crippen molar-refractivity contribution < 1.29 is 9.90 Å². The van der Waals surface area contributed by atoms with Gasteiger partial charge in [0.1, 0.15) is 0 Å². The lowest BCUT2D eigenvalue weighted by Gasteiger charge is -2.09. The van der Waals surface area contributed by atoms with Gasteiger partial charge in [0.25, 0.3) is 0 Å². The molecule has 0 fully saturated rings. The van der Waals surface area contributed by atoms with Crippen molar-refractivity contribution in [3.8, 4) is 0 Å². The van der Waals surface area contributed by atoms with Gasteiger partial charge >= 0.3 is 5.97 Å². The zero-order valence-electron chi connectivity index (χ0n) is 8.23. The summed E-state index contributed by atoms with van der Waals surface area (Å²) in [6.07, 6.45) is 4.13. The van der Waals surface area contributed by atoms with Crippen LogP contribution in [-0.4, -0.2) is 21.3 Å². The van der Waals surface area contributed by atoms with Crippen molar-refractivity contribution in [2.45, 2.75) is 30.4 Å². The molecule has 76 valence electrons. The van der Waals surface area contributed by atoms with Crippen LogP contribution >= 0.6 is 11.8 Å². The summed E-state index contributed by atoms with van der Waals surface area (Å²) in [7, 11) is 0. The Morgan fingerprint density at radius 2 is 2.43 bits per heavy atom. The molecule has 4 heteroatoms. The predicted octanol–water partition coefficient (Wildman–Crippen LogP) is 2.67. The van der Waals surface area contributed by atoms with Gasteiger partial charge in [0.2, 0.25) is 0 Å². The first-order valence-electron chi connectivity index (χ1n) is 4.49. The summed E-state index contributed by atoms with van der Waals surface area (Å²) in [5.41, 5.74) is 0.338. The fourth-order valence-corrected chi connectivity index (χ4v) is 1.95. The van der Waals surface area contributed by atoms with Crippen molar-refractivity contribution in [3.63, 3.8) is 0 Å². The predicted molar refractivity (Wildman–Crippen MR) is 56.8 cm³/mol. The maximum absolute atomic E-state index is 10.9. The molecule has 14 heavy (non-hydrogen) atoms. The fourth-order valence-electron chi connectivity index (χ4n) is 0.951. The van der Waals surface area contributed by atoms with Gasteiger partial charge in [-0.3, -0.25) is 4.98 Å². The van der Waals surface area contributed by atoms with Crippen molar-refractivity contribution in [1.29, 1.82) is 0 Å². The fraction of sp³-hybridized carbons (Fsp3) is 0.400. The van der Waals surface area contributed by atoms with Gasteiger partial charge in [0, 0.05) is 22.5 Å². The summed E-state index contributed by atoms with van der Waals surface area (Å²) < 4.78 is 0. The Bertz CT molecular complexity index is 328. The molecule has 3 nitrogen and oxygen atoms in total. The first kappa shape index (κ1) is 11.0. The Kier molecular flexibility index (Phi) is 3.95. The molecule has 1 heterocycles. The molecular formula is C10H13NO2S. The molecule has 1 unspecified atom stereocenters. The lowest BCUT2D eigenvalue weighted by Crippen LogP contribution is -2.01. The van der Waals surface area contributed by atoms with Crippen LogP contribution in [0.1, 0.15) is 30.6 Å². The molecule has 0 aromatic carbocycles. The molecule has 0 saturated carbocycles. The normalized spacial score (nSPS) is 12.4. The van der Waals surface area contributed by atoms with Gasteiger partial charge in [-0.25, -0.2) is 4.79 Å². The molecule has 0 amide bonds. The average molecular weight is 211 g/mol. The molecule has 0 spiro atoms. The molecule has 1 atom stereocenters. The van der Waals surface area contributed by atoms with Crippen LogP contribution in [0.15, 0.2) is 23.4 Å². The molecule has 0 radical (unpaired) electrons. The number of hydrogen-bond acceptors (Lipinski definition) is 3. The van der Waals surface area contributed by atoms with Crippen molar-refractivity contribution >= 4 is 17.7 Å². The third kappa shape index (κ3) is 2.73. The number of carboxylic acid groups (broad SMARTS) is 1. The number of nitrogens with zero attached hydrogens (tertiary/aromatic N) is 1. The minimum atomic E-state index is -0.891. The van der Waals surface area contributed by atoms with Gasteiger partial charge in [0.05, 0.1) is 5.56 Å². The van der Waals surface area contributed by atoms with Crippen molar-refractivity contribution in [2.24, 2.45) is 0 Å². The highest BCUT2D eigenvalue weighted by molar-refractivity contribution is 8.00. The number of thioether (sulfide) groups is 1. The highest BCUT2D eigenvalue weighted by atomic mass is 32.2. The summed E-state index contributed by atoms with van der Waals surface area (Å²) in [5, 5.41) is 9.32. The van der Waals surface area contributed by atoms with E-state index in [2.05, 4.69) is 18.8 Å². The average Bonchev–Trinajstić information content (AvgIpc) is 2.18. The summed E-state index contributed by atoms with van der Waals surface area (Å²) in [6.45, 7) is 4.15. The molecule has 1 rings (SSSR count). The zero-order valence-corrected chi connectivity index (χ0v) is 9.04. The Morgan fingerprint density at radius 1 is 1.71 bits per heavy atom.